The van der Waals surface area contributed by atoms with Crippen LogP contribution in [0.3, 0.4) is 0 Å². The first kappa shape index (κ1) is 33.4. The van der Waals surface area contributed by atoms with Crippen LogP contribution < -0.4 is 5.19 Å². The molecular formula is C43H45IrN3OSSi-2. The number of furan rings is 1. The molecule has 0 aliphatic rings. The molecule has 0 atom stereocenters. The summed E-state index contributed by atoms with van der Waals surface area (Å²) in [5.41, 5.74) is 5.60. The third kappa shape index (κ3) is 8.58. The first-order valence-corrected chi connectivity index (χ1v) is 20.9. The molecule has 0 amide bonds. The van der Waals surface area contributed by atoms with Crippen LogP contribution in [0.15, 0.2) is 102 Å². The predicted molar refractivity (Wildman–Crippen MR) is 210 cm³/mol. The van der Waals surface area contributed by atoms with Crippen LogP contribution in [-0.4, -0.2) is 23.0 Å². The molecule has 7 aromatic rings. The number of fused-ring (bicyclic) bond motifs is 3. The van der Waals surface area contributed by atoms with E-state index in [0.717, 1.165) is 38.2 Å². The van der Waals surface area contributed by atoms with E-state index >= 15 is 0 Å². The van der Waals surface area contributed by atoms with Gasteiger partial charge in [0.05, 0.1) is 20.0 Å². The van der Waals surface area contributed by atoms with Crippen LogP contribution in [0.1, 0.15) is 56.2 Å². The Morgan fingerprint density at radius 1 is 0.820 bits per heavy atom. The number of thiazole rings is 1. The number of pyridine rings is 2. The first-order valence-electron chi connectivity index (χ1n) is 18.1. The smallest absolute Gasteiger partial charge is 0.120 e. The standard InChI is InChI=1S/C22H20NO.C21H25N2SSi.Ir/c1-22(2,3)14-15-11-12-23-19(13-15)18-9-6-8-17-16-7-4-5-10-20(16)24-21(17)18;1-21(2,3)20-23-14-19(24-20)17-10-8-7-9-16(17)18-12-11-15(13-22-18)25(4,5)6;/h4-8,10-13H,14H2,1-3H3;7-8,10-14H,1-6H3;/q2*-1;/i11D,14D2;;. The van der Waals surface area contributed by atoms with Gasteiger partial charge in [-0.05, 0) is 40.5 Å². The molecule has 0 N–H and O–H groups in total. The number of para-hydroxylation sites is 1. The Hall–Kier alpha value is -3.74. The van der Waals surface area contributed by atoms with Gasteiger partial charge in [0.15, 0.2) is 0 Å². The maximum Gasteiger partial charge on any atom is 0.120 e. The van der Waals surface area contributed by atoms with Crippen molar-refractivity contribution in [3.63, 3.8) is 0 Å². The monoisotopic (exact) mass is 875 g/mol. The van der Waals surface area contributed by atoms with Crippen molar-refractivity contribution < 1.29 is 28.6 Å². The second-order valence-electron chi connectivity index (χ2n) is 15.3. The van der Waals surface area contributed by atoms with Crippen molar-refractivity contribution >= 4 is 46.5 Å². The molecule has 7 rings (SSSR count). The Bertz CT molecular complexity index is 2370. The minimum atomic E-state index is -1.68. The molecule has 1 radical (unpaired) electrons. The van der Waals surface area contributed by atoms with E-state index in [0.29, 0.717) is 22.4 Å². The van der Waals surface area contributed by atoms with Gasteiger partial charge < -0.3 is 14.4 Å². The molecule has 0 spiro atoms. The van der Waals surface area contributed by atoms with E-state index in [1.165, 1.54) is 16.3 Å². The molecule has 7 heteroatoms. The van der Waals surface area contributed by atoms with Gasteiger partial charge in [-0.2, -0.15) is 0 Å². The molecule has 0 saturated heterocycles. The summed E-state index contributed by atoms with van der Waals surface area (Å²) >= 11 is 1.76. The van der Waals surface area contributed by atoms with Crippen molar-refractivity contribution in [3.8, 4) is 33.0 Å². The summed E-state index contributed by atoms with van der Waals surface area (Å²) in [6, 6.07) is 30.4. The summed E-state index contributed by atoms with van der Waals surface area (Å²) < 4.78 is 31.3. The fourth-order valence-corrected chi connectivity index (χ4v) is 7.51. The maximum atomic E-state index is 8.55. The van der Waals surface area contributed by atoms with Crippen molar-refractivity contribution in [2.75, 3.05) is 0 Å². The molecule has 3 aromatic carbocycles. The Balaban J connectivity index is 0.000000201. The molecular weight excluding hydrogens is 827 g/mol. The van der Waals surface area contributed by atoms with Gasteiger partial charge >= 0.3 is 0 Å². The van der Waals surface area contributed by atoms with Crippen molar-refractivity contribution in [1.29, 1.82) is 0 Å². The Morgan fingerprint density at radius 3 is 2.26 bits per heavy atom. The van der Waals surface area contributed by atoms with E-state index in [2.05, 4.69) is 80.7 Å². The van der Waals surface area contributed by atoms with E-state index in [9.17, 15) is 0 Å². The van der Waals surface area contributed by atoms with Gasteiger partial charge in [-0.1, -0.05) is 120 Å². The molecule has 259 valence electrons. The number of nitrogens with zero attached hydrogens (tertiary/aromatic N) is 3. The third-order valence-corrected chi connectivity index (χ3v) is 11.4. The number of benzene rings is 3. The minimum absolute atomic E-state index is 0. The number of hydrogen-bond donors (Lipinski definition) is 0. The van der Waals surface area contributed by atoms with Crippen molar-refractivity contribution in [1.82, 2.24) is 15.0 Å². The molecule has 0 saturated carbocycles. The average molecular weight is 875 g/mol. The van der Waals surface area contributed by atoms with Crippen LogP contribution >= 0.6 is 11.3 Å². The van der Waals surface area contributed by atoms with Gasteiger partial charge in [0.25, 0.3) is 0 Å². The van der Waals surface area contributed by atoms with E-state index < -0.39 is 19.9 Å². The van der Waals surface area contributed by atoms with Crippen LogP contribution in [-0.2, 0) is 31.9 Å². The second-order valence-corrected chi connectivity index (χ2v) is 21.4. The van der Waals surface area contributed by atoms with Gasteiger partial charge in [0, 0.05) is 57.1 Å². The molecule has 50 heavy (non-hydrogen) atoms. The van der Waals surface area contributed by atoms with Gasteiger partial charge in [0.2, 0.25) is 0 Å². The SMILES string of the molecule is CC(C)(C)c1ncc(-c2ccc[c-]c2-c2ccc([Si](C)(C)C)cn2)s1.[2H]c1cnc(-c2[c-]ccc3c2oc2ccccc23)cc1C([2H])([2H])C(C)(C)C.[Ir]. The summed E-state index contributed by atoms with van der Waals surface area (Å²) in [6.45, 7) is 19.1. The minimum Gasteiger partial charge on any atom is -0.501 e. The third-order valence-electron chi connectivity index (χ3n) is 7.96. The molecule has 0 bridgehead atoms. The van der Waals surface area contributed by atoms with Crippen LogP contribution in [0.4, 0.5) is 0 Å². The summed E-state index contributed by atoms with van der Waals surface area (Å²) in [5.74, 6) is 0. The summed E-state index contributed by atoms with van der Waals surface area (Å²) in [7, 11) is -1.33. The molecule has 0 fully saturated rings. The summed E-state index contributed by atoms with van der Waals surface area (Å²) in [5, 5.41) is 4.52. The molecule has 0 aliphatic carbocycles. The van der Waals surface area contributed by atoms with Crippen LogP contribution in [0, 0.1) is 17.5 Å². The molecule has 0 aliphatic heterocycles. The maximum absolute atomic E-state index is 8.55. The molecule has 4 aromatic heterocycles. The zero-order valence-corrected chi connectivity index (χ0v) is 34.4. The van der Waals surface area contributed by atoms with Gasteiger partial charge in [0.1, 0.15) is 5.58 Å². The summed E-state index contributed by atoms with van der Waals surface area (Å²) in [4.78, 5) is 14.9. The molecule has 4 nitrogen and oxygen atoms in total. The van der Waals surface area contributed by atoms with Crippen molar-refractivity contribution in [3.05, 3.63) is 120 Å². The molecule has 4 heterocycles. The largest absolute Gasteiger partial charge is 0.501 e. The van der Waals surface area contributed by atoms with E-state index in [1.807, 2.05) is 81.7 Å². The Morgan fingerprint density at radius 2 is 1.58 bits per heavy atom. The van der Waals surface area contributed by atoms with Gasteiger partial charge in [-0.25, -0.2) is 4.98 Å². The fourth-order valence-electron chi connectivity index (χ4n) is 5.47. The van der Waals surface area contributed by atoms with E-state index in [-0.39, 0.29) is 31.6 Å². The van der Waals surface area contributed by atoms with Crippen molar-refractivity contribution in [2.45, 2.75) is 73.0 Å². The average Bonchev–Trinajstić information content (AvgIpc) is 3.74. The zero-order valence-electron chi connectivity index (χ0n) is 33.2. The van der Waals surface area contributed by atoms with E-state index in [4.69, 9.17) is 13.5 Å². The number of rotatable bonds is 5. The zero-order chi connectivity index (χ0) is 37.6. The molecule has 0 unspecified atom stereocenters. The topological polar surface area (TPSA) is 51.8 Å². The van der Waals surface area contributed by atoms with Gasteiger partial charge in [-0.3, -0.25) is 0 Å². The van der Waals surface area contributed by atoms with Gasteiger partial charge in [-0.15, -0.1) is 59.4 Å². The van der Waals surface area contributed by atoms with Crippen LogP contribution in [0.25, 0.3) is 54.9 Å². The second kappa shape index (κ2) is 14.9. The van der Waals surface area contributed by atoms with Crippen LogP contribution in [0.2, 0.25) is 19.6 Å². The normalized spacial score (nSPS) is 13.2. The predicted octanol–water partition coefficient (Wildman–Crippen LogP) is 11.5. The number of hydrogen-bond acceptors (Lipinski definition) is 5. The van der Waals surface area contributed by atoms with Crippen LogP contribution in [0.5, 0.6) is 0 Å². The van der Waals surface area contributed by atoms with Crippen molar-refractivity contribution in [2.24, 2.45) is 5.41 Å². The number of aromatic nitrogens is 3. The first-order chi connectivity index (χ1) is 24.4. The summed E-state index contributed by atoms with van der Waals surface area (Å²) in [6.07, 6.45) is 3.75. The van der Waals surface area contributed by atoms with E-state index in [1.54, 1.807) is 17.4 Å². The quantitative estimate of drug-likeness (QED) is 0.128. The fraction of sp³-hybridized carbons (Fsp3) is 0.279. The Kier molecular flexibility index (Phi) is 9.92. The Labute approximate surface area is 320 Å².